The van der Waals surface area contributed by atoms with Gasteiger partial charge in [0.15, 0.2) is 16.7 Å². The smallest absolute Gasteiger partial charge is 0.264 e. The highest BCUT2D eigenvalue weighted by Crippen LogP contribution is 2.32. The van der Waals surface area contributed by atoms with Gasteiger partial charge in [0.2, 0.25) is 0 Å². The average Bonchev–Trinajstić information content (AvgIpc) is 3.01. The van der Waals surface area contributed by atoms with Crippen molar-refractivity contribution < 1.29 is 14.3 Å². The number of hydrogen-bond donors (Lipinski definition) is 1. The first-order valence-corrected chi connectivity index (χ1v) is 9.05. The van der Waals surface area contributed by atoms with Crippen molar-refractivity contribution in [3.8, 4) is 11.5 Å². The number of methoxy groups -OCH3 is 2. The average molecular weight is 368 g/mol. The largest absolute Gasteiger partial charge is 0.493 e. The number of hydrogen-bond acceptors (Lipinski definition) is 5. The normalized spacial score (nSPS) is 16.8. The Morgan fingerprint density at radius 3 is 2.46 bits per heavy atom. The predicted octanol–water partition coefficient (Wildman–Crippen LogP) is 4.16. The van der Waals surface area contributed by atoms with E-state index in [9.17, 15) is 4.79 Å². The van der Waals surface area contributed by atoms with E-state index in [-0.39, 0.29) is 5.91 Å². The first-order valence-electron chi connectivity index (χ1n) is 8.23. The molecule has 1 aliphatic heterocycles. The molecule has 26 heavy (non-hydrogen) atoms. The predicted molar refractivity (Wildman–Crippen MR) is 106 cm³/mol. The molecule has 0 radical (unpaired) electrons. The highest BCUT2D eigenvalue weighted by molar-refractivity contribution is 8.18. The number of carbonyl (C=O) groups is 1. The number of ether oxygens (including phenoxy) is 2. The van der Waals surface area contributed by atoms with Crippen molar-refractivity contribution in [2.45, 2.75) is 13.3 Å². The van der Waals surface area contributed by atoms with Crippen LogP contribution >= 0.6 is 11.8 Å². The maximum atomic E-state index is 12.2. The minimum absolute atomic E-state index is 0.159. The number of nitrogens with one attached hydrogen (secondary N) is 1. The molecule has 2 aromatic rings. The van der Waals surface area contributed by atoms with Crippen LogP contribution in [0.4, 0.5) is 5.69 Å². The number of amidine groups is 1. The highest BCUT2D eigenvalue weighted by Gasteiger charge is 2.24. The second-order valence-electron chi connectivity index (χ2n) is 5.62. The van der Waals surface area contributed by atoms with Crippen LogP contribution in [0.1, 0.15) is 18.1 Å². The van der Waals surface area contributed by atoms with E-state index < -0.39 is 0 Å². The van der Waals surface area contributed by atoms with Crippen LogP contribution in [0.15, 0.2) is 52.4 Å². The van der Waals surface area contributed by atoms with Gasteiger partial charge in [0.25, 0.3) is 5.91 Å². The van der Waals surface area contributed by atoms with E-state index in [4.69, 9.17) is 9.47 Å². The Morgan fingerprint density at radius 1 is 1.08 bits per heavy atom. The van der Waals surface area contributed by atoms with Crippen LogP contribution in [0.25, 0.3) is 6.08 Å². The third-order valence-corrected chi connectivity index (χ3v) is 4.84. The molecule has 0 saturated carbocycles. The highest BCUT2D eigenvalue weighted by atomic mass is 32.2. The lowest BCUT2D eigenvalue weighted by atomic mass is 10.2. The van der Waals surface area contributed by atoms with E-state index in [0.717, 1.165) is 17.7 Å². The Balaban J connectivity index is 1.80. The summed E-state index contributed by atoms with van der Waals surface area (Å²) in [4.78, 5) is 17.3. The topological polar surface area (TPSA) is 59.9 Å². The summed E-state index contributed by atoms with van der Waals surface area (Å²) in [5.41, 5.74) is 2.93. The molecular weight excluding hydrogens is 348 g/mol. The van der Waals surface area contributed by atoms with E-state index in [1.165, 1.54) is 17.3 Å². The monoisotopic (exact) mass is 368 g/mol. The summed E-state index contributed by atoms with van der Waals surface area (Å²) < 4.78 is 10.5. The number of benzene rings is 2. The summed E-state index contributed by atoms with van der Waals surface area (Å²) in [7, 11) is 3.17. The van der Waals surface area contributed by atoms with Crippen LogP contribution in [0.5, 0.6) is 11.5 Å². The van der Waals surface area contributed by atoms with Crippen molar-refractivity contribution in [3.63, 3.8) is 0 Å². The maximum absolute atomic E-state index is 12.2. The van der Waals surface area contributed by atoms with Crippen LogP contribution in [-0.2, 0) is 11.2 Å². The molecule has 1 fully saturated rings. The summed E-state index contributed by atoms with van der Waals surface area (Å²) in [5, 5.41) is 3.38. The molecule has 1 saturated heterocycles. The summed E-state index contributed by atoms with van der Waals surface area (Å²) in [6.07, 6.45) is 2.80. The van der Waals surface area contributed by atoms with E-state index in [2.05, 4.69) is 17.2 Å². The first kappa shape index (κ1) is 18.1. The summed E-state index contributed by atoms with van der Waals surface area (Å²) in [5.74, 6) is 1.11. The molecule has 0 atom stereocenters. The molecule has 6 heteroatoms. The van der Waals surface area contributed by atoms with Gasteiger partial charge in [-0.2, -0.15) is 0 Å². The number of nitrogens with zero attached hydrogens (tertiary/aromatic N) is 1. The number of aliphatic imine (C=N–C) groups is 1. The van der Waals surface area contributed by atoms with Crippen LogP contribution in [-0.4, -0.2) is 25.3 Å². The van der Waals surface area contributed by atoms with Gasteiger partial charge < -0.3 is 14.8 Å². The van der Waals surface area contributed by atoms with Gasteiger partial charge in [0, 0.05) is 0 Å². The van der Waals surface area contributed by atoms with E-state index >= 15 is 0 Å². The van der Waals surface area contributed by atoms with Crippen molar-refractivity contribution in [2.75, 3.05) is 14.2 Å². The van der Waals surface area contributed by atoms with Gasteiger partial charge in [-0.15, -0.1) is 0 Å². The van der Waals surface area contributed by atoms with Gasteiger partial charge in [-0.3, -0.25) is 4.79 Å². The zero-order valence-corrected chi connectivity index (χ0v) is 15.7. The van der Waals surface area contributed by atoms with Crippen LogP contribution in [0.2, 0.25) is 0 Å². The fraction of sp³-hybridized carbons (Fsp3) is 0.200. The lowest BCUT2D eigenvalue weighted by Gasteiger charge is -2.07. The van der Waals surface area contributed by atoms with Crippen molar-refractivity contribution in [1.29, 1.82) is 0 Å². The molecule has 3 rings (SSSR count). The second-order valence-corrected chi connectivity index (χ2v) is 6.65. The Labute approximate surface area is 157 Å². The fourth-order valence-electron chi connectivity index (χ4n) is 2.50. The van der Waals surface area contributed by atoms with E-state index in [0.29, 0.717) is 21.6 Å². The summed E-state index contributed by atoms with van der Waals surface area (Å²) >= 11 is 1.32. The number of amides is 1. The molecule has 0 bridgehead atoms. The molecule has 1 N–H and O–H groups in total. The molecule has 0 unspecified atom stereocenters. The van der Waals surface area contributed by atoms with E-state index in [1.807, 2.05) is 48.5 Å². The molecule has 0 spiro atoms. The molecule has 5 nitrogen and oxygen atoms in total. The molecule has 0 aromatic heterocycles. The molecule has 0 aliphatic carbocycles. The standard InChI is InChI=1S/C20H20N2O3S/c1-4-13-5-8-15(9-6-13)21-20-22-19(23)18(26-20)12-14-7-10-16(24-2)17(11-14)25-3/h5-12H,4H2,1-3H3,(H,21,22,23)/b18-12+. The van der Waals surface area contributed by atoms with E-state index in [1.54, 1.807) is 14.2 Å². The molecule has 2 aromatic carbocycles. The molecule has 1 aliphatic rings. The summed E-state index contributed by atoms with van der Waals surface area (Å²) in [6, 6.07) is 13.5. The molecular formula is C20H20N2O3S. The zero-order chi connectivity index (χ0) is 18.5. The minimum Gasteiger partial charge on any atom is -0.493 e. The van der Waals surface area contributed by atoms with Crippen molar-refractivity contribution >= 4 is 34.6 Å². The van der Waals surface area contributed by atoms with Gasteiger partial charge in [-0.25, -0.2) is 4.99 Å². The lowest BCUT2D eigenvalue weighted by molar-refractivity contribution is -0.115. The van der Waals surface area contributed by atoms with Crippen molar-refractivity contribution in [3.05, 3.63) is 58.5 Å². The zero-order valence-electron chi connectivity index (χ0n) is 14.9. The minimum atomic E-state index is -0.159. The third kappa shape index (κ3) is 4.08. The third-order valence-electron chi connectivity index (χ3n) is 3.93. The maximum Gasteiger partial charge on any atom is 0.264 e. The number of rotatable bonds is 5. The second kappa shape index (κ2) is 8.10. The SMILES string of the molecule is CCc1ccc(N=C2NC(=O)/C(=C\c3ccc(OC)c(OC)c3)S2)cc1. The van der Waals surface area contributed by atoms with Crippen LogP contribution < -0.4 is 14.8 Å². The van der Waals surface area contributed by atoms with Crippen molar-refractivity contribution in [2.24, 2.45) is 4.99 Å². The number of carbonyl (C=O) groups excluding carboxylic acids is 1. The number of thioether (sulfide) groups is 1. The quantitative estimate of drug-likeness (QED) is 0.805. The Kier molecular flexibility index (Phi) is 5.63. The van der Waals surface area contributed by atoms with Crippen molar-refractivity contribution in [1.82, 2.24) is 5.32 Å². The van der Waals surface area contributed by atoms with Gasteiger partial charge in [0.05, 0.1) is 24.8 Å². The lowest BCUT2D eigenvalue weighted by Crippen LogP contribution is -2.19. The van der Waals surface area contributed by atoms with Crippen LogP contribution in [0, 0.1) is 0 Å². The van der Waals surface area contributed by atoms with Crippen LogP contribution in [0.3, 0.4) is 0 Å². The Hall–Kier alpha value is -2.73. The Bertz CT molecular complexity index is 873. The molecule has 1 amide bonds. The Morgan fingerprint density at radius 2 is 1.81 bits per heavy atom. The van der Waals surface area contributed by atoms with Gasteiger partial charge in [-0.05, 0) is 59.7 Å². The molecule has 1 heterocycles. The molecule has 134 valence electrons. The van der Waals surface area contributed by atoms with Gasteiger partial charge in [0.1, 0.15) is 0 Å². The first-order chi connectivity index (χ1) is 12.6. The summed E-state index contributed by atoms with van der Waals surface area (Å²) in [6.45, 7) is 2.11. The fourth-order valence-corrected chi connectivity index (χ4v) is 3.34. The van der Waals surface area contributed by atoms with Gasteiger partial charge in [-0.1, -0.05) is 25.1 Å². The number of aryl methyl sites for hydroxylation is 1. The van der Waals surface area contributed by atoms with Gasteiger partial charge >= 0.3 is 0 Å².